The fourth-order valence-corrected chi connectivity index (χ4v) is 2.81. The molecule has 3 heteroatoms. The third kappa shape index (κ3) is 2.11. The molecule has 0 aromatic carbocycles. The molecule has 0 atom stereocenters. The first kappa shape index (κ1) is 12.2. The lowest BCUT2D eigenvalue weighted by Gasteiger charge is -2.41. The second-order valence-corrected chi connectivity index (χ2v) is 4.95. The number of carbonyl (C=O) groups is 1. The van der Waals surface area contributed by atoms with Gasteiger partial charge in [0.05, 0.1) is 12.7 Å². The van der Waals surface area contributed by atoms with Crippen LogP contribution in [-0.4, -0.2) is 18.7 Å². The van der Waals surface area contributed by atoms with Crippen molar-refractivity contribution in [1.82, 2.24) is 0 Å². The van der Waals surface area contributed by atoms with Gasteiger partial charge in [-0.25, -0.2) is 4.79 Å². The van der Waals surface area contributed by atoms with E-state index in [1.54, 1.807) is 0 Å². The number of esters is 1. The fourth-order valence-electron chi connectivity index (χ4n) is 2.81. The number of hydrogen-bond donors (Lipinski definition) is 0. The van der Waals surface area contributed by atoms with Crippen LogP contribution in [-0.2, 0) is 14.3 Å². The molecule has 1 aliphatic carbocycles. The molecule has 17 heavy (non-hydrogen) atoms. The predicted octanol–water partition coefficient (Wildman–Crippen LogP) is 3.11. The Balaban J connectivity index is 2.28. The maximum absolute atomic E-state index is 11.6. The van der Waals surface area contributed by atoms with Crippen molar-refractivity contribution in [3.63, 3.8) is 0 Å². The van der Waals surface area contributed by atoms with E-state index in [1.807, 2.05) is 13.0 Å². The van der Waals surface area contributed by atoms with Crippen LogP contribution in [0.3, 0.4) is 0 Å². The maximum atomic E-state index is 11.6. The SMILES string of the molecule is COC(=O)C1=C(C)OC2(CCCCC2)C(C)=C1. The van der Waals surface area contributed by atoms with Gasteiger partial charge in [0.25, 0.3) is 0 Å². The summed E-state index contributed by atoms with van der Waals surface area (Å²) in [7, 11) is 1.40. The zero-order valence-corrected chi connectivity index (χ0v) is 10.8. The van der Waals surface area contributed by atoms with Crippen LogP contribution in [0.5, 0.6) is 0 Å². The van der Waals surface area contributed by atoms with Crippen LogP contribution in [0.2, 0.25) is 0 Å². The Morgan fingerprint density at radius 2 is 1.94 bits per heavy atom. The molecule has 0 radical (unpaired) electrons. The van der Waals surface area contributed by atoms with Crippen LogP contribution >= 0.6 is 0 Å². The van der Waals surface area contributed by atoms with E-state index in [1.165, 1.54) is 26.4 Å². The van der Waals surface area contributed by atoms with Crippen LogP contribution in [0.25, 0.3) is 0 Å². The number of methoxy groups -OCH3 is 1. The van der Waals surface area contributed by atoms with Gasteiger partial charge >= 0.3 is 5.97 Å². The van der Waals surface area contributed by atoms with Crippen molar-refractivity contribution in [2.45, 2.75) is 51.6 Å². The van der Waals surface area contributed by atoms with E-state index >= 15 is 0 Å². The van der Waals surface area contributed by atoms with Gasteiger partial charge in [0.15, 0.2) is 0 Å². The molecule has 2 rings (SSSR count). The number of allylic oxidation sites excluding steroid dienone is 1. The van der Waals surface area contributed by atoms with Crippen LogP contribution in [0, 0.1) is 0 Å². The lowest BCUT2D eigenvalue weighted by atomic mass is 9.78. The third-order valence-electron chi connectivity index (χ3n) is 3.87. The summed E-state index contributed by atoms with van der Waals surface area (Å²) in [4.78, 5) is 11.6. The van der Waals surface area contributed by atoms with Crippen LogP contribution < -0.4 is 0 Å². The Hall–Kier alpha value is -1.25. The molecule has 1 fully saturated rings. The quantitative estimate of drug-likeness (QED) is 0.656. The van der Waals surface area contributed by atoms with E-state index in [4.69, 9.17) is 9.47 Å². The molecule has 0 N–H and O–H groups in total. The van der Waals surface area contributed by atoms with Crippen LogP contribution in [0.4, 0.5) is 0 Å². The second kappa shape index (κ2) is 4.55. The minimum atomic E-state index is -0.312. The molecule has 0 saturated heterocycles. The Labute approximate surface area is 102 Å². The van der Waals surface area contributed by atoms with E-state index < -0.39 is 0 Å². The Morgan fingerprint density at radius 1 is 1.29 bits per heavy atom. The van der Waals surface area contributed by atoms with Crippen LogP contribution in [0.1, 0.15) is 46.0 Å². The highest BCUT2D eigenvalue weighted by atomic mass is 16.5. The normalized spacial score (nSPS) is 23.1. The molecule has 0 unspecified atom stereocenters. The topological polar surface area (TPSA) is 35.5 Å². The summed E-state index contributed by atoms with van der Waals surface area (Å²) in [6.07, 6.45) is 7.74. The maximum Gasteiger partial charge on any atom is 0.341 e. The molecule has 0 aromatic heterocycles. The molecule has 0 bridgehead atoms. The van der Waals surface area contributed by atoms with Crippen LogP contribution in [0.15, 0.2) is 23.0 Å². The van der Waals surface area contributed by atoms with Crippen molar-refractivity contribution in [3.05, 3.63) is 23.0 Å². The second-order valence-electron chi connectivity index (χ2n) is 4.95. The lowest BCUT2D eigenvalue weighted by molar-refractivity contribution is -0.136. The van der Waals surface area contributed by atoms with E-state index in [2.05, 4.69) is 6.92 Å². The zero-order chi connectivity index (χ0) is 12.5. The van der Waals surface area contributed by atoms with Gasteiger partial charge in [0.1, 0.15) is 11.4 Å². The minimum absolute atomic E-state index is 0.153. The predicted molar refractivity (Wildman–Crippen MR) is 65.4 cm³/mol. The van der Waals surface area contributed by atoms with Crippen molar-refractivity contribution < 1.29 is 14.3 Å². The summed E-state index contributed by atoms with van der Waals surface area (Å²) in [5.41, 5.74) is 1.56. The molecule has 1 spiro atoms. The van der Waals surface area contributed by atoms with Gasteiger partial charge in [0, 0.05) is 0 Å². The van der Waals surface area contributed by atoms with Gasteiger partial charge in [-0.2, -0.15) is 0 Å². The van der Waals surface area contributed by atoms with Crippen molar-refractivity contribution in [1.29, 1.82) is 0 Å². The molecular formula is C14H20O3. The summed E-state index contributed by atoms with van der Waals surface area (Å²) in [6.45, 7) is 3.91. The molecule has 0 amide bonds. The summed E-state index contributed by atoms with van der Waals surface area (Å²) in [5.74, 6) is 0.386. The number of hydrogen-bond acceptors (Lipinski definition) is 3. The number of carbonyl (C=O) groups excluding carboxylic acids is 1. The molecule has 0 aromatic rings. The van der Waals surface area contributed by atoms with Gasteiger partial charge in [-0.15, -0.1) is 0 Å². The first-order valence-corrected chi connectivity index (χ1v) is 6.26. The Kier molecular flexibility index (Phi) is 3.27. The third-order valence-corrected chi connectivity index (χ3v) is 3.87. The lowest BCUT2D eigenvalue weighted by Crippen LogP contribution is -2.38. The van der Waals surface area contributed by atoms with Gasteiger partial charge in [0.2, 0.25) is 0 Å². The molecule has 94 valence electrons. The highest BCUT2D eigenvalue weighted by Crippen LogP contribution is 2.42. The first-order chi connectivity index (χ1) is 8.09. The van der Waals surface area contributed by atoms with Crippen molar-refractivity contribution in [2.24, 2.45) is 0 Å². The number of ether oxygens (including phenoxy) is 2. The highest BCUT2D eigenvalue weighted by Gasteiger charge is 2.39. The summed E-state index contributed by atoms with van der Waals surface area (Å²) in [6, 6.07) is 0. The average Bonchev–Trinajstić information content (AvgIpc) is 2.34. The summed E-state index contributed by atoms with van der Waals surface area (Å²) < 4.78 is 10.8. The summed E-state index contributed by atoms with van der Waals surface area (Å²) in [5, 5.41) is 0. The first-order valence-electron chi connectivity index (χ1n) is 6.26. The smallest absolute Gasteiger partial charge is 0.341 e. The van der Waals surface area contributed by atoms with E-state index in [0.29, 0.717) is 11.3 Å². The van der Waals surface area contributed by atoms with Gasteiger partial charge in [-0.1, -0.05) is 6.42 Å². The number of rotatable bonds is 1. The van der Waals surface area contributed by atoms with E-state index in [9.17, 15) is 4.79 Å². The molecule has 3 nitrogen and oxygen atoms in total. The Morgan fingerprint density at radius 3 is 2.53 bits per heavy atom. The largest absolute Gasteiger partial charge is 0.487 e. The molecular weight excluding hydrogens is 216 g/mol. The monoisotopic (exact) mass is 236 g/mol. The van der Waals surface area contributed by atoms with Crippen molar-refractivity contribution >= 4 is 5.97 Å². The Bertz CT molecular complexity index is 384. The van der Waals surface area contributed by atoms with Crippen molar-refractivity contribution in [2.75, 3.05) is 7.11 Å². The minimum Gasteiger partial charge on any atom is -0.487 e. The zero-order valence-electron chi connectivity index (χ0n) is 10.8. The van der Waals surface area contributed by atoms with E-state index in [0.717, 1.165) is 18.4 Å². The van der Waals surface area contributed by atoms with Crippen molar-refractivity contribution in [3.8, 4) is 0 Å². The van der Waals surface area contributed by atoms with Gasteiger partial charge in [-0.3, -0.25) is 0 Å². The highest BCUT2D eigenvalue weighted by molar-refractivity contribution is 5.92. The molecule has 2 aliphatic rings. The molecule has 1 saturated carbocycles. The summed E-state index contributed by atoms with van der Waals surface area (Å²) >= 11 is 0. The molecule has 1 heterocycles. The van der Waals surface area contributed by atoms with E-state index in [-0.39, 0.29) is 11.6 Å². The molecule has 1 aliphatic heterocycles. The fraction of sp³-hybridized carbons (Fsp3) is 0.643. The van der Waals surface area contributed by atoms with Gasteiger partial charge < -0.3 is 9.47 Å². The average molecular weight is 236 g/mol. The standard InChI is InChI=1S/C14H20O3/c1-10-9-12(13(15)16-3)11(2)17-14(10)7-5-4-6-8-14/h9H,4-8H2,1-3H3. The van der Waals surface area contributed by atoms with Gasteiger partial charge in [-0.05, 0) is 51.2 Å².